The molecule has 0 spiro atoms. The average molecular weight is 258 g/mol. The van der Waals surface area contributed by atoms with Gasteiger partial charge in [0.05, 0.1) is 18.4 Å². The normalized spacial score (nSPS) is 9.95. The van der Waals surface area contributed by atoms with Gasteiger partial charge >= 0.3 is 0 Å². The van der Waals surface area contributed by atoms with Crippen molar-refractivity contribution in [3.63, 3.8) is 0 Å². The van der Waals surface area contributed by atoms with Crippen LogP contribution in [0.1, 0.15) is 10.4 Å². The van der Waals surface area contributed by atoms with Crippen LogP contribution in [0.2, 0.25) is 0 Å². The molecule has 2 aromatic rings. The van der Waals surface area contributed by atoms with Gasteiger partial charge in [0.15, 0.2) is 0 Å². The molecule has 0 aliphatic carbocycles. The monoisotopic (exact) mass is 258 g/mol. The van der Waals surface area contributed by atoms with Gasteiger partial charge in [0.25, 0.3) is 5.91 Å². The molecule has 1 aromatic carbocycles. The summed E-state index contributed by atoms with van der Waals surface area (Å²) >= 11 is 0. The Hall–Kier alpha value is -2.56. The molecule has 1 N–H and O–H groups in total. The lowest BCUT2D eigenvalue weighted by Crippen LogP contribution is -2.34. The van der Waals surface area contributed by atoms with Gasteiger partial charge in [0, 0.05) is 12.7 Å². The van der Waals surface area contributed by atoms with Crippen molar-refractivity contribution in [2.45, 2.75) is 0 Å². The van der Waals surface area contributed by atoms with Crippen LogP contribution in [0.4, 0.5) is 5.69 Å². The first-order chi connectivity index (χ1) is 9.16. The number of hydrogen-bond donors (Lipinski definition) is 1. The Labute approximate surface area is 110 Å². The molecule has 5 heteroatoms. The Morgan fingerprint density at radius 1 is 1.21 bits per heavy atom. The fraction of sp³-hybridized carbons (Fsp3) is 0.143. The molecule has 1 heterocycles. The highest BCUT2D eigenvalue weighted by Crippen LogP contribution is 2.06. The molecule has 98 valence electrons. The van der Waals surface area contributed by atoms with Crippen LogP contribution in [0.25, 0.3) is 0 Å². The lowest BCUT2D eigenvalue weighted by atomic mass is 10.3. The zero-order chi connectivity index (χ0) is 13.7. The smallest absolute Gasteiger partial charge is 0.257 e. The number of carbonyl (C=O) groups is 2. The largest absolute Gasteiger partial charge is 0.472 e. The van der Waals surface area contributed by atoms with E-state index >= 15 is 0 Å². The SMILES string of the molecule is CN(CC(=O)Nc1ccccc1)C(=O)c1ccoc1. The number of nitrogens with zero attached hydrogens (tertiary/aromatic N) is 1. The summed E-state index contributed by atoms with van der Waals surface area (Å²) in [5, 5.41) is 2.72. The van der Waals surface area contributed by atoms with Crippen LogP contribution in [-0.2, 0) is 4.79 Å². The summed E-state index contributed by atoms with van der Waals surface area (Å²) < 4.78 is 4.84. The first kappa shape index (κ1) is 12.9. The van der Waals surface area contributed by atoms with E-state index < -0.39 is 0 Å². The van der Waals surface area contributed by atoms with Crippen molar-refractivity contribution in [3.8, 4) is 0 Å². The lowest BCUT2D eigenvalue weighted by molar-refractivity contribution is -0.116. The van der Waals surface area contributed by atoms with Crippen molar-refractivity contribution < 1.29 is 14.0 Å². The second-order valence-electron chi connectivity index (χ2n) is 4.09. The third-order valence-corrected chi connectivity index (χ3v) is 2.55. The molecule has 19 heavy (non-hydrogen) atoms. The number of hydrogen-bond acceptors (Lipinski definition) is 3. The average Bonchev–Trinajstić information content (AvgIpc) is 2.92. The molecule has 0 fully saturated rings. The second-order valence-corrected chi connectivity index (χ2v) is 4.09. The highest BCUT2D eigenvalue weighted by Gasteiger charge is 2.15. The summed E-state index contributed by atoms with van der Waals surface area (Å²) in [6.45, 7) is -0.0150. The number of carbonyl (C=O) groups excluding carboxylic acids is 2. The van der Waals surface area contributed by atoms with Crippen molar-refractivity contribution in [3.05, 3.63) is 54.5 Å². The molecule has 1 aromatic heterocycles. The van der Waals surface area contributed by atoms with Crippen LogP contribution >= 0.6 is 0 Å². The van der Waals surface area contributed by atoms with Crippen LogP contribution in [0.3, 0.4) is 0 Å². The van der Waals surface area contributed by atoms with Gasteiger partial charge in [-0.15, -0.1) is 0 Å². The minimum Gasteiger partial charge on any atom is -0.472 e. The van der Waals surface area contributed by atoms with E-state index in [9.17, 15) is 9.59 Å². The predicted octanol–water partition coefficient (Wildman–Crippen LogP) is 1.99. The number of para-hydroxylation sites is 1. The van der Waals surface area contributed by atoms with Gasteiger partial charge in [-0.2, -0.15) is 0 Å². The van der Waals surface area contributed by atoms with E-state index in [0.29, 0.717) is 11.3 Å². The molecule has 2 rings (SSSR count). The summed E-state index contributed by atoms with van der Waals surface area (Å²) in [5.74, 6) is -0.498. The maximum absolute atomic E-state index is 11.9. The van der Waals surface area contributed by atoms with Crippen molar-refractivity contribution in [1.82, 2.24) is 4.90 Å². The number of likely N-dealkylation sites (N-methyl/N-ethyl adjacent to an activating group) is 1. The van der Waals surface area contributed by atoms with E-state index in [4.69, 9.17) is 4.42 Å². The molecule has 0 radical (unpaired) electrons. The Bertz CT molecular complexity index is 549. The van der Waals surface area contributed by atoms with E-state index in [2.05, 4.69) is 5.32 Å². The minimum absolute atomic E-state index is 0.0150. The number of nitrogens with one attached hydrogen (secondary N) is 1. The van der Waals surface area contributed by atoms with E-state index in [-0.39, 0.29) is 18.4 Å². The van der Waals surface area contributed by atoms with Crippen LogP contribution in [0, 0.1) is 0 Å². The van der Waals surface area contributed by atoms with Crippen LogP contribution in [0.5, 0.6) is 0 Å². The standard InChI is InChI=1S/C14H14N2O3/c1-16(14(18)11-7-8-19-10-11)9-13(17)15-12-5-3-2-4-6-12/h2-8,10H,9H2,1H3,(H,15,17). The highest BCUT2D eigenvalue weighted by atomic mass is 16.3. The summed E-state index contributed by atoms with van der Waals surface area (Å²) in [6.07, 6.45) is 2.78. The maximum Gasteiger partial charge on any atom is 0.257 e. The van der Waals surface area contributed by atoms with Gasteiger partial charge in [-0.1, -0.05) is 18.2 Å². The van der Waals surface area contributed by atoms with Gasteiger partial charge in [0.2, 0.25) is 5.91 Å². The van der Waals surface area contributed by atoms with Gasteiger partial charge in [-0.25, -0.2) is 0 Å². The Kier molecular flexibility index (Phi) is 3.97. The molecular formula is C14H14N2O3. The Morgan fingerprint density at radius 2 is 1.95 bits per heavy atom. The molecular weight excluding hydrogens is 244 g/mol. The van der Waals surface area contributed by atoms with Crippen molar-refractivity contribution in [2.75, 3.05) is 18.9 Å². The van der Waals surface area contributed by atoms with Gasteiger partial charge in [0.1, 0.15) is 6.26 Å². The minimum atomic E-state index is -0.253. The van der Waals surface area contributed by atoms with E-state index in [1.165, 1.54) is 17.4 Å². The predicted molar refractivity (Wildman–Crippen MR) is 70.7 cm³/mol. The van der Waals surface area contributed by atoms with Crippen LogP contribution in [-0.4, -0.2) is 30.3 Å². The van der Waals surface area contributed by atoms with Gasteiger partial charge in [-0.05, 0) is 18.2 Å². The maximum atomic E-state index is 11.9. The number of rotatable bonds is 4. The molecule has 0 aliphatic heterocycles. The topological polar surface area (TPSA) is 62.6 Å². The second kappa shape index (κ2) is 5.86. The van der Waals surface area contributed by atoms with Crippen LogP contribution < -0.4 is 5.32 Å². The number of benzene rings is 1. The third kappa shape index (κ3) is 3.45. The van der Waals surface area contributed by atoms with Crippen LogP contribution in [0.15, 0.2) is 53.3 Å². The molecule has 0 saturated carbocycles. The molecule has 0 bridgehead atoms. The third-order valence-electron chi connectivity index (χ3n) is 2.55. The van der Waals surface area contributed by atoms with Gasteiger partial charge in [-0.3, -0.25) is 9.59 Å². The molecule has 5 nitrogen and oxygen atoms in total. The molecule has 0 saturated heterocycles. The highest BCUT2D eigenvalue weighted by molar-refractivity contribution is 5.98. The molecule has 0 aliphatic rings. The summed E-state index contributed by atoms with van der Waals surface area (Å²) in [4.78, 5) is 25.0. The fourth-order valence-electron chi connectivity index (χ4n) is 1.62. The molecule has 2 amide bonds. The first-order valence-electron chi connectivity index (χ1n) is 5.79. The Balaban J connectivity index is 1.90. The first-order valence-corrected chi connectivity index (χ1v) is 5.79. The number of amides is 2. The van der Waals surface area contributed by atoms with E-state index in [1.54, 1.807) is 25.2 Å². The summed E-state index contributed by atoms with van der Waals surface area (Å²) in [7, 11) is 1.57. The summed E-state index contributed by atoms with van der Waals surface area (Å²) in [5.41, 5.74) is 1.13. The van der Waals surface area contributed by atoms with E-state index in [0.717, 1.165) is 0 Å². The molecule has 0 atom stereocenters. The summed E-state index contributed by atoms with van der Waals surface area (Å²) in [6, 6.07) is 10.7. The van der Waals surface area contributed by atoms with Gasteiger partial charge < -0.3 is 14.6 Å². The zero-order valence-electron chi connectivity index (χ0n) is 10.5. The quantitative estimate of drug-likeness (QED) is 0.912. The Morgan fingerprint density at radius 3 is 2.58 bits per heavy atom. The lowest BCUT2D eigenvalue weighted by Gasteiger charge is -2.15. The van der Waals surface area contributed by atoms with E-state index in [1.807, 2.05) is 18.2 Å². The zero-order valence-corrected chi connectivity index (χ0v) is 10.5. The van der Waals surface area contributed by atoms with Crippen molar-refractivity contribution in [2.24, 2.45) is 0 Å². The van der Waals surface area contributed by atoms with Crippen molar-refractivity contribution >= 4 is 17.5 Å². The molecule has 0 unspecified atom stereocenters. The van der Waals surface area contributed by atoms with Crippen molar-refractivity contribution in [1.29, 1.82) is 0 Å². The number of furan rings is 1. The fourth-order valence-corrected chi connectivity index (χ4v) is 1.62. The number of anilines is 1.